The summed E-state index contributed by atoms with van der Waals surface area (Å²) in [6, 6.07) is 8.02. The molecule has 4 rings (SSSR count). The molecule has 1 aromatic carbocycles. The zero-order valence-corrected chi connectivity index (χ0v) is 13.8. The van der Waals surface area contributed by atoms with E-state index in [4.69, 9.17) is 0 Å². The number of carbonyl (C=O) groups excluding carboxylic acids is 2. The molecule has 0 unspecified atom stereocenters. The number of aliphatic hydroxyl groups excluding tert-OH is 1. The normalized spacial score (nSPS) is 27.0. The Morgan fingerprint density at radius 1 is 1.17 bits per heavy atom. The van der Waals surface area contributed by atoms with Gasteiger partial charge in [0.25, 0.3) is 0 Å². The highest BCUT2D eigenvalue weighted by atomic mass is 16.3. The molecule has 0 atom stereocenters. The standard InChI is InChI=1S/C19H24N2O3/c22-11-13-5-7-14(8-6-13)20-17(23)18(24)21-12-19(9-10-19)15-3-1-2-4-16(15)21/h1-4,13-14,22H,5-12H2,(H,20,23). The summed E-state index contributed by atoms with van der Waals surface area (Å²) in [5.74, 6) is -0.584. The van der Waals surface area contributed by atoms with E-state index >= 15 is 0 Å². The van der Waals surface area contributed by atoms with Crippen LogP contribution in [0.5, 0.6) is 0 Å². The first kappa shape index (κ1) is 15.6. The minimum atomic E-state index is -0.491. The summed E-state index contributed by atoms with van der Waals surface area (Å²) >= 11 is 0. The zero-order chi connectivity index (χ0) is 16.7. The number of nitrogens with zero attached hydrogens (tertiary/aromatic N) is 1. The van der Waals surface area contributed by atoms with Gasteiger partial charge in [-0.05, 0) is 56.1 Å². The van der Waals surface area contributed by atoms with Gasteiger partial charge >= 0.3 is 11.8 Å². The van der Waals surface area contributed by atoms with Crippen LogP contribution in [-0.4, -0.2) is 36.1 Å². The molecule has 2 saturated carbocycles. The number of aliphatic hydroxyl groups is 1. The first-order chi connectivity index (χ1) is 11.6. The Kier molecular flexibility index (Phi) is 3.83. The van der Waals surface area contributed by atoms with Crippen LogP contribution < -0.4 is 10.2 Å². The average molecular weight is 328 g/mol. The van der Waals surface area contributed by atoms with E-state index in [1.165, 1.54) is 5.56 Å². The third kappa shape index (κ3) is 2.61. The van der Waals surface area contributed by atoms with Crippen molar-refractivity contribution in [2.24, 2.45) is 5.92 Å². The lowest BCUT2D eigenvalue weighted by Crippen LogP contribution is -2.47. The van der Waals surface area contributed by atoms with Gasteiger partial charge in [-0.2, -0.15) is 0 Å². The molecule has 0 aromatic heterocycles. The maximum Gasteiger partial charge on any atom is 0.316 e. The SMILES string of the molecule is O=C(NC1CCC(CO)CC1)C(=O)N1CC2(CC2)c2ccccc21. The topological polar surface area (TPSA) is 69.6 Å². The van der Waals surface area contributed by atoms with E-state index in [1.54, 1.807) is 4.90 Å². The predicted octanol–water partition coefficient (Wildman–Crippen LogP) is 1.73. The first-order valence-electron chi connectivity index (χ1n) is 8.96. The van der Waals surface area contributed by atoms with Crippen LogP contribution in [0.15, 0.2) is 24.3 Å². The molecule has 1 heterocycles. The highest BCUT2D eigenvalue weighted by molar-refractivity contribution is 6.40. The van der Waals surface area contributed by atoms with Gasteiger partial charge < -0.3 is 15.3 Å². The molecule has 24 heavy (non-hydrogen) atoms. The van der Waals surface area contributed by atoms with Gasteiger partial charge in [0.2, 0.25) is 0 Å². The lowest BCUT2D eigenvalue weighted by atomic mass is 9.86. The van der Waals surface area contributed by atoms with E-state index in [-0.39, 0.29) is 18.1 Å². The van der Waals surface area contributed by atoms with Gasteiger partial charge in [-0.3, -0.25) is 9.59 Å². The number of nitrogens with one attached hydrogen (secondary N) is 1. The molecule has 0 bridgehead atoms. The second-order valence-corrected chi connectivity index (χ2v) is 7.56. The van der Waals surface area contributed by atoms with Gasteiger partial charge in [-0.25, -0.2) is 0 Å². The van der Waals surface area contributed by atoms with E-state index in [0.29, 0.717) is 12.5 Å². The molecule has 0 radical (unpaired) electrons. The fourth-order valence-corrected chi connectivity index (χ4v) is 4.25. The molecule has 128 valence electrons. The number of amides is 2. The van der Waals surface area contributed by atoms with Crippen LogP contribution in [0.4, 0.5) is 5.69 Å². The number of rotatable bonds is 2. The highest BCUT2D eigenvalue weighted by Crippen LogP contribution is 2.56. The molecule has 0 saturated heterocycles. The lowest BCUT2D eigenvalue weighted by Gasteiger charge is -2.28. The number of anilines is 1. The largest absolute Gasteiger partial charge is 0.396 e. The predicted molar refractivity (Wildman–Crippen MR) is 90.7 cm³/mol. The Hall–Kier alpha value is -1.88. The van der Waals surface area contributed by atoms with Crippen molar-refractivity contribution in [3.63, 3.8) is 0 Å². The summed E-state index contributed by atoms with van der Waals surface area (Å²) in [4.78, 5) is 26.8. The van der Waals surface area contributed by atoms with E-state index in [1.807, 2.05) is 18.2 Å². The van der Waals surface area contributed by atoms with Crippen LogP contribution in [0.3, 0.4) is 0 Å². The Morgan fingerprint density at radius 3 is 2.54 bits per heavy atom. The van der Waals surface area contributed by atoms with Crippen molar-refractivity contribution in [3.05, 3.63) is 29.8 Å². The van der Waals surface area contributed by atoms with Gasteiger partial charge in [-0.15, -0.1) is 0 Å². The summed E-state index contributed by atoms with van der Waals surface area (Å²) in [5.41, 5.74) is 2.22. The number of para-hydroxylation sites is 1. The second-order valence-electron chi connectivity index (χ2n) is 7.56. The van der Waals surface area contributed by atoms with Crippen LogP contribution in [-0.2, 0) is 15.0 Å². The fraction of sp³-hybridized carbons (Fsp3) is 0.579. The van der Waals surface area contributed by atoms with Crippen LogP contribution >= 0.6 is 0 Å². The van der Waals surface area contributed by atoms with E-state index in [0.717, 1.165) is 44.2 Å². The summed E-state index contributed by atoms with van der Waals surface area (Å²) < 4.78 is 0. The van der Waals surface area contributed by atoms with Gasteiger partial charge in [0.15, 0.2) is 0 Å². The van der Waals surface area contributed by atoms with Crippen molar-refractivity contribution in [3.8, 4) is 0 Å². The van der Waals surface area contributed by atoms with Crippen molar-refractivity contribution in [2.75, 3.05) is 18.1 Å². The smallest absolute Gasteiger partial charge is 0.316 e. The maximum absolute atomic E-state index is 12.7. The van der Waals surface area contributed by atoms with Gasteiger partial charge in [0.05, 0.1) is 0 Å². The zero-order valence-electron chi connectivity index (χ0n) is 13.8. The quantitative estimate of drug-likeness (QED) is 0.813. The molecule has 5 nitrogen and oxygen atoms in total. The summed E-state index contributed by atoms with van der Waals surface area (Å²) in [6.45, 7) is 0.849. The minimum absolute atomic E-state index is 0.0528. The average Bonchev–Trinajstić information content (AvgIpc) is 3.32. The number of fused-ring (bicyclic) bond motifs is 2. The van der Waals surface area contributed by atoms with Crippen LogP contribution in [0.25, 0.3) is 0 Å². The van der Waals surface area contributed by atoms with Crippen LogP contribution in [0.1, 0.15) is 44.1 Å². The Labute approximate surface area is 142 Å². The van der Waals surface area contributed by atoms with Crippen LogP contribution in [0, 0.1) is 5.92 Å². The highest BCUT2D eigenvalue weighted by Gasteiger charge is 2.53. The number of carbonyl (C=O) groups is 2. The summed E-state index contributed by atoms with van der Waals surface area (Å²) in [7, 11) is 0. The summed E-state index contributed by atoms with van der Waals surface area (Å²) in [6.07, 6.45) is 5.69. The minimum Gasteiger partial charge on any atom is -0.396 e. The molecule has 1 spiro atoms. The second kappa shape index (κ2) is 5.88. The van der Waals surface area contributed by atoms with E-state index in [9.17, 15) is 14.7 Å². The maximum atomic E-state index is 12.7. The molecule has 1 aromatic rings. The van der Waals surface area contributed by atoms with Crippen LogP contribution in [0.2, 0.25) is 0 Å². The molecule has 2 fully saturated rings. The number of hydrogen-bond acceptors (Lipinski definition) is 3. The van der Waals surface area contributed by atoms with Crippen molar-refractivity contribution in [2.45, 2.75) is 50.0 Å². The number of hydrogen-bond donors (Lipinski definition) is 2. The molecular weight excluding hydrogens is 304 g/mol. The fourth-order valence-electron chi connectivity index (χ4n) is 4.25. The first-order valence-corrected chi connectivity index (χ1v) is 8.96. The lowest BCUT2D eigenvalue weighted by molar-refractivity contribution is -0.138. The molecule has 1 aliphatic heterocycles. The van der Waals surface area contributed by atoms with E-state index < -0.39 is 11.8 Å². The van der Waals surface area contributed by atoms with Gasteiger partial charge in [-0.1, -0.05) is 18.2 Å². The Morgan fingerprint density at radius 2 is 1.88 bits per heavy atom. The Balaban J connectivity index is 1.42. The van der Waals surface area contributed by atoms with Crippen molar-refractivity contribution >= 4 is 17.5 Å². The summed E-state index contributed by atoms with van der Waals surface area (Å²) in [5, 5.41) is 12.1. The third-order valence-corrected chi connectivity index (χ3v) is 5.96. The molecular formula is C19H24N2O3. The molecule has 2 N–H and O–H groups in total. The van der Waals surface area contributed by atoms with Crippen molar-refractivity contribution in [1.82, 2.24) is 5.32 Å². The van der Waals surface area contributed by atoms with Crippen molar-refractivity contribution < 1.29 is 14.7 Å². The van der Waals surface area contributed by atoms with Crippen molar-refractivity contribution in [1.29, 1.82) is 0 Å². The number of benzene rings is 1. The third-order valence-electron chi connectivity index (χ3n) is 5.96. The van der Waals surface area contributed by atoms with Gasteiger partial charge in [0.1, 0.15) is 0 Å². The molecule has 5 heteroatoms. The molecule has 2 amide bonds. The monoisotopic (exact) mass is 328 g/mol. The molecule has 2 aliphatic carbocycles. The molecule has 3 aliphatic rings. The van der Waals surface area contributed by atoms with E-state index in [2.05, 4.69) is 11.4 Å². The Bertz CT molecular complexity index is 660. The van der Waals surface area contributed by atoms with Gasteiger partial charge in [0, 0.05) is 30.3 Å².